The molecule has 0 aromatic rings. The van der Waals surface area contributed by atoms with E-state index in [0.29, 0.717) is 0 Å². The predicted molar refractivity (Wildman–Crippen MR) is 80.0 cm³/mol. The van der Waals surface area contributed by atoms with Gasteiger partial charge in [0.2, 0.25) is 0 Å². The van der Waals surface area contributed by atoms with Crippen LogP contribution in [0.1, 0.15) is 71.1 Å². The Kier molecular flexibility index (Phi) is 9.59. The second-order valence-electron chi connectivity index (χ2n) is 4.59. The normalized spacial score (nSPS) is 16.1. The molecular weight excluding hydrogens is 232 g/mol. The van der Waals surface area contributed by atoms with Gasteiger partial charge in [-0.15, -0.1) is 23.5 Å². The molecule has 0 unspecified atom stereocenters. The lowest BCUT2D eigenvalue weighted by Crippen LogP contribution is -1.91. The molecule has 1 rings (SSSR count). The number of rotatable bonds is 10. The molecular formula is C14H26S2. The van der Waals surface area contributed by atoms with Crippen LogP contribution < -0.4 is 0 Å². The Morgan fingerprint density at radius 2 is 1.25 bits per heavy atom. The van der Waals surface area contributed by atoms with E-state index in [4.69, 9.17) is 0 Å². The molecule has 0 atom stereocenters. The minimum Gasteiger partial charge on any atom is -0.119 e. The van der Waals surface area contributed by atoms with Crippen LogP contribution in [-0.2, 0) is 0 Å². The highest BCUT2D eigenvalue weighted by Crippen LogP contribution is 2.36. The third kappa shape index (κ3) is 7.67. The number of unbranched alkanes of at least 4 members (excludes halogenated alkanes) is 8. The van der Waals surface area contributed by atoms with Gasteiger partial charge in [-0.2, -0.15) is 0 Å². The van der Waals surface area contributed by atoms with Crippen LogP contribution in [0.2, 0.25) is 0 Å². The lowest BCUT2D eigenvalue weighted by atomic mass is 10.1. The van der Waals surface area contributed by atoms with Crippen molar-refractivity contribution in [3.8, 4) is 0 Å². The highest BCUT2D eigenvalue weighted by atomic mass is 32.2. The monoisotopic (exact) mass is 258 g/mol. The molecule has 0 radical (unpaired) electrons. The summed E-state index contributed by atoms with van der Waals surface area (Å²) in [6.45, 7) is 2.29. The second kappa shape index (κ2) is 10.6. The smallest absolute Gasteiger partial charge is 0.0585 e. The number of thioether (sulfide) groups is 2. The number of hydrogen-bond acceptors (Lipinski definition) is 2. The average molecular weight is 258 g/mol. The van der Waals surface area contributed by atoms with Gasteiger partial charge in [0.1, 0.15) is 0 Å². The molecule has 0 saturated carbocycles. The summed E-state index contributed by atoms with van der Waals surface area (Å²) in [6.07, 6.45) is 14.4. The zero-order valence-corrected chi connectivity index (χ0v) is 12.3. The van der Waals surface area contributed by atoms with Gasteiger partial charge in [0.25, 0.3) is 0 Å². The van der Waals surface area contributed by atoms with Crippen LogP contribution in [0.25, 0.3) is 0 Å². The van der Waals surface area contributed by atoms with E-state index in [1.807, 2.05) is 23.5 Å². The fraction of sp³-hybridized carbons (Fsp3) is 0.857. The van der Waals surface area contributed by atoms with Crippen LogP contribution in [0.15, 0.2) is 10.8 Å². The quantitative estimate of drug-likeness (QED) is 0.429. The molecule has 0 aromatic carbocycles. The minimum absolute atomic E-state index is 0.838. The Hall–Kier alpha value is 0.440. The van der Waals surface area contributed by atoms with Gasteiger partial charge in [0.15, 0.2) is 0 Å². The standard InChI is InChI=1S/C14H26S2/c1-2-3-4-5-6-7-8-9-10-11-14-15-12-13-16-14/h12-14H,2-11H2,1H3. The molecule has 0 aliphatic carbocycles. The lowest BCUT2D eigenvalue weighted by molar-refractivity contribution is 0.561. The molecule has 94 valence electrons. The summed E-state index contributed by atoms with van der Waals surface area (Å²) < 4.78 is 0.838. The van der Waals surface area contributed by atoms with Gasteiger partial charge in [0.05, 0.1) is 4.58 Å². The summed E-state index contributed by atoms with van der Waals surface area (Å²) in [5.41, 5.74) is 0. The van der Waals surface area contributed by atoms with Crippen molar-refractivity contribution >= 4 is 23.5 Å². The summed E-state index contributed by atoms with van der Waals surface area (Å²) in [5.74, 6) is 0. The SMILES string of the molecule is CCCCCCCCCCCC1SC=CS1. The molecule has 0 nitrogen and oxygen atoms in total. The topological polar surface area (TPSA) is 0 Å². The van der Waals surface area contributed by atoms with E-state index in [1.54, 1.807) is 0 Å². The first-order valence-electron chi connectivity index (χ1n) is 6.89. The highest BCUT2D eigenvalue weighted by molar-refractivity contribution is 8.22. The van der Waals surface area contributed by atoms with Gasteiger partial charge in [-0.1, -0.05) is 64.7 Å². The van der Waals surface area contributed by atoms with E-state index < -0.39 is 0 Å². The van der Waals surface area contributed by atoms with E-state index in [9.17, 15) is 0 Å². The molecule has 1 aliphatic heterocycles. The third-order valence-corrected chi connectivity index (χ3v) is 5.56. The Bertz CT molecular complexity index is 170. The van der Waals surface area contributed by atoms with E-state index in [2.05, 4.69) is 17.7 Å². The third-order valence-electron chi connectivity index (χ3n) is 3.06. The van der Waals surface area contributed by atoms with Crippen molar-refractivity contribution in [3.05, 3.63) is 10.8 Å². The molecule has 0 amide bonds. The molecule has 16 heavy (non-hydrogen) atoms. The molecule has 0 N–H and O–H groups in total. The first-order valence-corrected chi connectivity index (χ1v) is 8.78. The highest BCUT2D eigenvalue weighted by Gasteiger charge is 2.10. The largest absolute Gasteiger partial charge is 0.119 e. The summed E-state index contributed by atoms with van der Waals surface area (Å²) >= 11 is 4.00. The van der Waals surface area contributed by atoms with Crippen LogP contribution in [0.3, 0.4) is 0 Å². The first-order chi connectivity index (χ1) is 7.93. The van der Waals surface area contributed by atoms with Gasteiger partial charge in [-0.3, -0.25) is 0 Å². The van der Waals surface area contributed by atoms with Crippen LogP contribution in [0.4, 0.5) is 0 Å². The van der Waals surface area contributed by atoms with Crippen molar-refractivity contribution in [1.29, 1.82) is 0 Å². The van der Waals surface area contributed by atoms with Crippen molar-refractivity contribution < 1.29 is 0 Å². The first kappa shape index (κ1) is 14.5. The fourth-order valence-electron chi connectivity index (χ4n) is 2.03. The van der Waals surface area contributed by atoms with Gasteiger partial charge in [0, 0.05) is 0 Å². The molecule has 0 saturated heterocycles. The Morgan fingerprint density at radius 1 is 0.750 bits per heavy atom. The van der Waals surface area contributed by atoms with E-state index in [1.165, 1.54) is 64.2 Å². The molecule has 0 aromatic heterocycles. The maximum atomic E-state index is 2.29. The lowest BCUT2D eigenvalue weighted by Gasteiger charge is -2.06. The minimum atomic E-state index is 0.838. The molecule has 1 aliphatic rings. The maximum absolute atomic E-state index is 2.29. The van der Waals surface area contributed by atoms with Gasteiger partial charge >= 0.3 is 0 Å². The summed E-state index contributed by atoms with van der Waals surface area (Å²) in [7, 11) is 0. The fourth-order valence-corrected chi connectivity index (χ4v) is 4.14. The molecule has 0 bridgehead atoms. The predicted octanol–water partition coefficient (Wildman–Crippen LogP) is 6.18. The number of hydrogen-bond donors (Lipinski definition) is 0. The van der Waals surface area contributed by atoms with E-state index in [-0.39, 0.29) is 0 Å². The van der Waals surface area contributed by atoms with Crippen molar-refractivity contribution in [2.75, 3.05) is 0 Å². The maximum Gasteiger partial charge on any atom is 0.0585 e. The van der Waals surface area contributed by atoms with Gasteiger partial charge < -0.3 is 0 Å². The molecule has 0 fully saturated rings. The van der Waals surface area contributed by atoms with Crippen LogP contribution >= 0.6 is 23.5 Å². The Balaban J connectivity index is 1.71. The van der Waals surface area contributed by atoms with Crippen molar-refractivity contribution in [2.45, 2.75) is 75.7 Å². The van der Waals surface area contributed by atoms with Gasteiger partial charge in [-0.05, 0) is 17.2 Å². The van der Waals surface area contributed by atoms with Gasteiger partial charge in [-0.25, -0.2) is 0 Å². The summed E-state index contributed by atoms with van der Waals surface area (Å²) in [6, 6.07) is 0. The summed E-state index contributed by atoms with van der Waals surface area (Å²) in [5, 5.41) is 4.48. The zero-order chi connectivity index (χ0) is 11.5. The van der Waals surface area contributed by atoms with Crippen LogP contribution in [-0.4, -0.2) is 4.58 Å². The van der Waals surface area contributed by atoms with Crippen LogP contribution in [0.5, 0.6) is 0 Å². The summed E-state index contributed by atoms with van der Waals surface area (Å²) in [4.78, 5) is 0. The van der Waals surface area contributed by atoms with E-state index in [0.717, 1.165) is 4.58 Å². The van der Waals surface area contributed by atoms with Crippen LogP contribution in [0, 0.1) is 0 Å². The zero-order valence-electron chi connectivity index (χ0n) is 10.6. The van der Waals surface area contributed by atoms with Crippen molar-refractivity contribution in [2.24, 2.45) is 0 Å². The van der Waals surface area contributed by atoms with Crippen molar-refractivity contribution in [3.63, 3.8) is 0 Å². The average Bonchev–Trinajstić information content (AvgIpc) is 2.80. The van der Waals surface area contributed by atoms with Crippen molar-refractivity contribution in [1.82, 2.24) is 0 Å². The molecule has 1 heterocycles. The second-order valence-corrected chi connectivity index (χ2v) is 7.12. The Morgan fingerprint density at radius 3 is 1.81 bits per heavy atom. The molecule has 2 heteroatoms. The van der Waals surface area contributed by atoms with E-state index >= 15 is 0 Å². The molecule has 0 spiro atoms. The Labute approximate surface area is 110 Å².